The lowest BCUT2D eigenvalue weighted by Crippen LogP contribution is -2.61. The number of benzene rings is 1. The highest BCUT2D eigenvalue weighted by Crippen LogP contribution is 2.37. The van der Waals surface area contributed by atoms with E-state index < -0.39 is 22.9 Å². The topological polar surface area (TPSA) is 113 Å². The molecule has 1 aromatic carbocycles. The highest BCUT2D eigenvalue weighted by Gasteiger charge is 2.43. The molecule has 134 valence electrons. The number of rotatable bonds is 3. The number of carbonyl (C=O) groups is 2. The van der Waals surface area contributed by atoms with Gasteiger partial charge in [0.25, 0.3) is 5.69 Å². The molecule has 0 saturated carbocycles. The maximum atomic E-state index is 12.0. The zero-order valence-electron chi connectivity index (χ0n) is 13.8. The molecule has 2 heterocycles. The average Bonchev–Trinajstić information content (AvgIpc) is 2.59. The molecular weight excluding hydrogens is 330 g/mol. The van der Waals surface area contributed by atoms with E-state index in [1.54, 1.807) is 13.0 Å². The number of nitro groups is 1. The first-order chi connectivity index (χ1) is 11.9. The number of ether oxygens (including phenoxy) is 1. The molecule has 1 fully saturated rings. The number of fused-ring (bicyclic) bond motifs is 3. The van der Waals surface area contributed by atoms with Crippen LogP contribution in [0.5, 0.6) is 0 Å². The van der Waals surface area contributed by atoms with Crippen molar-refractivity contribution in [3.63, 3.8) is 0 Å². The Morgan fingerprint density at radius 2 is 2.16 bits per heavy atom. The van der Waals surface area contributed by atoms with E-state index in [0.29, 0.717) is 18.7 Å². The molecular formula is C16H19N3O6. The van der Waals surface area contributed by atoms with Crippen molar-refractivity contribution < 1.29 is 24.4 Å². The maximum absolute atomic E-state index is 12.0. The van der Waals surface area contributed by atoms with Crippen LogP contribution in [0.25, 0.3) is 0 Å². The van der Waals surface area contributed by atoms with Crippen LogP contribution < -0.4 is 4.90 Å². The number of anilines is 1. The summed E-state index contributed by atoms with van der Waals surface area (Å²) in [6.07, 6.45) is -0.245. The van der Waals surface area contributed by atoms with Gasteiger partial charge in [0.05, 0.1) is 23.5 Å². The molecule has 0 spiro atoms. The lowest BCUT2D eigenvalue weighted by atomic mass is 9.84. The number of carbonyl (C=O) groups excluding carboxylic acids is 1. The summed E-state index contributed by atoms with van der Waals surface area (Å²) in [5.41, 5.74) is 1.41. The Hall–Kier alpha value is -2.84. The van der Waals surface area contributed by atoms with Crippen molar-refractivity contribution in [1.29, 1.82) is 0 Å². The van der Waals surface area contributed by atoms with Gasteiger partial charge in [-0.25, -0.2) is 4.79 Å². The Balaban J connectivity index is 1.92. The molecule has 1 aromatic rings. The van der Waals surface area contributed by atoms with E-state index in [0.717, 1.165) is 5.69 Å². The number of non-ortho nitro benzene ring substituents is 1. The van der Waals surface area contributed by atoms with Crippen LogP contribution >= 0.6 is 0 Å². The second-order valence-corrected chi connectivity index (χ2v) is 6.12. The van der Waals surface area contributed by atoms with E-state index in [-0.39, 0.29) is 31.3 Å². The number of piperazine rings is 1. The summed E-state index contributed by atoms with van der Waals surface area (Å²) in [5.74, 6) is -1.72. The third kappa shape index (κ3) is 3.09. The van der Waals surface area contributed by atoms with Crippen molar-refractivity contribution in [1.82, 2.24) is 4.90 Å². The SMILES string of the molecule is CCOC(=O)N1CCN2c3ccc([N+](=O)[O-])cc3CC(C(=O)O)C2C1. The zero-order valence-corrected chi connectivity index (χ0v) is 13.8. The van der Waals surface area contributed by atoms with Gasteiger partial charge in [-0.1, -0.05) is 0 Å². The zero-order chi connectivity index (χ0) is 18.1. The Morgan fingerprint density at radius 3 is 2.80 bits per heavy atom. The molecule has 25 heavy (non-hydrogen) atoms. The quantitative estimate of drug-likeness (QED) is 0.650. The molecule has 2 aliphatic rings. The van der Waals surface area contributed by atoms with Crippen LogP contribution in [0.3, 0.4) is 0 Å². The van der Waals surface area contributed by atoms with Crippen LogP contribution in [-0.4, -0.2) is 59.3 Å². The molecule has 9 nitrogen and oxygen atoms in total. The number of aliphatic carboxylic acids is 1. The summed E-state index contributed by atoms with van der Waals surface area (Å²) < 4.78 is 5.01. The molecule has 1 saturated heterocycles. The van der Waals surface area contributed by atoms with Gasteiger partial charge in [-0.15, -0.1) is 0 Å². The minimum absolute atomic E-state index is 0.0495. The van der Waals surface area contributed by atoms with Gasteiger partial charge in [-0.3, -0.25) is 14.9 Å². The van der Waals surface area contributed by atoms with E-state index in [2.05, 4.69) is 0 Å². The molecule has 0 radical (unpaired) electrons. The molecule has 1 N–H and O–H groups in total. The summed E-state index contributed by atoms with van der Waals surface area (Å²) in [4.78, 5) is 37.7. The Kier molecular flexibility index (Phi) is 4.47. The molecule has 2 unspecified atom stereocenters. The van der Waals surface area contributed by atoms with Gasteiger partial charge in [0, 0.05) is 37.5 Å². The van der Waals surface area contributed by atoms with Crippen molar-refractivity contribution in [2.24, 2.45) is 5.92 Å². The van der Waals surface area contributed by atoms with Gasteiger partial charge in [0.1, 0.15) is 0 Å². The first-order valence-electron chi connectivity index (χ1n) is 8.10. The second-order valence-electron chi connectivity index (χ2n) is 6.12. The predicted octanol–water partition coefficient (Wildman–Crippen LogP) is 1.50. The van der Waals surface area contributed by atoms with E-state index in [1.807, 2.05) is 4.90 Å². The largest absolute Gasteiger partial charge is 0.481 e. The Labute approximate surface area is 143 Å². The summed E-state index contributed by atoms with van der Waals surface area (Å²) in [6, 6.07) is 4.15. The third-order valence-corrected chi connectivity index (χ3v) is 4.75. The fourth-order valence-electron chi connectivity index (χ4n) is 3.59. The standard InChI is InChI=1S/C16H19N3O6/c1-2-25-16(22)17-5-6-18-13-4-3-11(19(23)24)7-10(13)8-12(15(20)21)14(18)9-17/h3-4,7,12,14H,2,5-6,8-9H2,1H3,(H,20,21). The molecule has 0 aromatic heterocycles. The third-order valence-electron chi connectivity index (χ3n) is 4.75. The first-order valence-corrected chi connectivity index (χ1v) is 8.10. The Bertz CT molecular complexity index is 722. The molecule has 2 atom stereocenters. The summed E-state index contributed by atoms with van der Waals surface area (Å²) >= 11 is 0. The molecule has 3 rings (SSSR count). The van der Waals surface area contributed by atoms with Crippen molar-refractivity contribution in [2.45, 2.75) is 19.4 Å². The second kappa shape index (κ2) is 6.58. The highest BCUT2D eigenvalue weighted by atomic mass is 16.6. The number of hydrogen-bond donors (Lipinski definition) is 1. The minimum atomic E-state index is -0.974. The predicted molar refractivity (Wildman–Crippen MR) is 87.7 cm³/mol. The van der Waals surface area contributed by atoms with Crippen LogP contribution in [0.1, 0.15) is 12.5 Å². The molecule has 2 aliphatic heterocycles. The van der Waals surface area contributed by atoms with E-state index in [9.17, 15) is 24.8 Å². The summed E-state index contributed by atoms with van der Waals surface area (Å²) in [5, 5.41) is 20.6. The average molecular weight is 349 g/mol. The van der Waals surface area contributed by atoms with Crippen LogP contribution in [0.2, 0.25) is 0 Å². The molecule has 0 aliphatic carbocycles. The van der Waals surface area contributed by atoms with Crippen LogP contribution in [0.4, 0.5) is 16.2 Å². The van der Waals surface area contributed by atoms with Crippen LogP contribution in [-0.2, 0) is 16.0 Å². The summed E-state index contributed by atoms with van der Waals surface area (Å²) in [7, 11) is 0. The summed E-state index contributed by atoms with van der Waals surface area (Å²) in [6.45, 7) is 3.11. The Morgan fingerprint density at radius 1 is 1.40 bits per heavy atom. The van der Waals surface area contributed by atoms with Crippen molar-refractivity contribution in [3.05, 3.63) is 33.9 Å². The monoisotopic (exact) mass is 349 g/mol. The fourth-order valence-corrected chi connectivity index (χ4v) is 3.59. The van der Waals surface area contributed by atoms with Crippen LogP contribution in [0.15, 0.2) is 18.2 Å². The van der Waals surface area contributed by atoms with Gasteiger partial charge in [-0.05, 0) is 25.0 Å². The number of carboxylic acids is 1. The van der Waals surface area contributed by atoms with Gasteiger partial charge >= 0.3 is 12.1 Å². The first kappa shape index (κ1) is 17.0. The van der Waals surface area contributed by atoms with Gasteiger partial charge in [0.2, 0.25) is 0 Å². The smallest absolute Gasteiger partial charge is 0.409 e. The molecule has 9 heteroatoms. The lowest BCUT2D eigenvalue weighted by molar-refractivity contribution is -0.384. The van der Waals surface area contributed by atoms with Gasteiger partial charge in [0.15, 0.2) is 0 Å². The van der Waals surface area contributed by atoms with Gasteiger partial charge in [-0.2, -0.15) is 0 Å². The van der Waals surface area contributed by atoms with E-state index in [4.69, 9.17) is 4.74 Å². The van der Waals surface area contributed by atoms with E-state index in [1.165, 1.54) is 17.0 Å². The molecule has 1 amide bonds. The number of hydrogen-bond acceptors (Lipinski definition) is 6. The normalized spacial score (nSPS) is 22.0. The van der Waals surface area contributed by atoms with Crippen LogP contribution in [0, 0.1) is 16.0 Å². The number of nitrogens with zero attached hydrogens (tertiary/aromatic N) is 3. The van der Waals surface area contributed by atoms with Crippen molar-refractivity contribution >= 4 is 23.4 Å². The molecule has 0 bridgehead atoms. The number of nitro benzene ring substituents is 1. The lowest BCUT2D eigenvalue weighted by Gasteiger charge is -2.47. The minimum Gasteiger partial charge on any atom is -0.481 e. The number of amides is 1. The highest BCUT2D eigenvalue weighted by molar-refractivity contribution is 5.76. The number of carboxylic acid groups (broad SMARTS) is 1. The van der Waals surface area contributed by atoms with Gasteiger partial charge < -0.3 is 19.6 Å². The van der Waals surface area contributed by atoms with Crippen molar-refractivity contribution in [3.8, 4) is 0 Å². The van der Waals surface area contributed by atoms with Crippen molar-refractivity contribution in [2.75, 3.05) is 31.1 Å². The van der Waals surface area contributed by atoms with E-state index >= 15 is 0 Å². The fraction of sp³-hybridized carbons (Fsp3) is 0.500. The maximum Gasteiger partial charge on any atom is 0.409 e.